The number of allylic oxidation sites excluding steroid dienone is 1. The number of rotatable bonds is 6. The second-order valence-electron chi connectivity index (χ2n) is 4.91. The number of thiazole rings is 1. The molecule has 1 aromatic rings. The number of nitrogens with one attached hydrogen (secondary N) is 1. The molecule has 0 saturated carbocycles. The standard InChI is InChI=1S/C15H20N2O3S/c1-2-20-15(19)12-10-21-14(17-12)9-16-13(18)8-11-6-4-3-5-7-11/h6,10H,2-5,7-9H2,1H3,(H,16,18). The molecule has 21 heavy (non-hydrogen) atoms. The summed E-state index contributed by atoms with van der Waals surface area (Å²) in [5.41, 5.74) is 1.53. The molecule has 5 nitrogen and oxygen atoms in total. The van der Waals surface area contributed by atoms with Crippen LogP contribution in [0.5, 0.6) is 0 Å². The van der Waals surface area contributed by atoms with Crippen molar-refractivity contribution < 1.29 is 14.3 Å². The molecule has 0 unspecified atom stereocenters. The first-order chi connectivity index (χ1) is 10.2. The number of hydrogen-bond donors (Lipinski definition) is 1. The van der Waals surface area contributed by atoms with E-state index in [0.29, 0.717) is 30.3 Å². The first-order valence-electron chi connectivity index (χ1n) is 7.25. The Balaban J connectivity index is 1.78. The molecule has 0 radical (unpaired) electrons. The highest BCUT2D eigenvalue weighted by Gasteiger charge is 2.13. The lowest BCUT2D eigenvalue weighted by atomic mass is 9.97. The SMILES string of the molecule is CCOC(=O)c1csc(CNC(=O)CC2=CCCCC2)n1. The molecule has 0 fully saturated rings. The second-order valence-corrected chi connectivity index (χ2v) is 5.85. The lowest BCUT2D eigenvalue weighted by molar-refractivity contribution is -0.120. The highest BCUT2D eigenvalue weighted by Crippen LogP contribution is 2.20. The fraction of sp³-hybridized carbons (Fsp3) is 0.533. The molecule has 1 amide bonds. The number of esters is 1. The van der Waals surface area contributed by atoms with Crippen molar-refractivity contribution in [2.45, 2.75) is 45.6 Å². The summed E-state index contributed by atoms with van der Waals surface area (Å²) in [4.78, 5) is 27.5. The minimum atomic E-state index is -0.418. The van der Waals surface area contributed by atoms with Crippen LogP contribution in [-0.4, -0.2) is 23.5 Å². The molecule has 0 saturated heterocycles. The number of carbonyl (C=O) groups excluding carboxylic acids is 2. The van der Waals surface area contributed by atoms with Crippen LogP contribution in [0, 0.1) is 0 Å². The number of hydrogen-bond acceptors (Lipinski definition) is 5. The third kappa shape index (κ3) is 4.97. The molecule has 0 aliphatic heterocycles. The van der Waals surface area contributed by atoms with Gasteiger partial charge in [0.2, 0.25) is 5.91 Å². The van der Waals surface area contributed by atoms with Gasteiger partial charge in [-0.05, 0) is 32.6 Å². The molecule has 0 atom stereocenters. The summed E-state index contributed by atoms with van der Waals surface area (Å²) in [5.74, 6) is -0.408. The summed E-state index contributed by atoms with van der Waals surface area (Å²) in [5, 5.41) is 5.21. The molecule has 2 rings (SSSR count). The van der Waals surface area contributed by atoms with Gasteiger partial charge in [-0.15, -0.1) is 11.3 Å². The average molecular weight is 308 g/mol. The van der Waals surface area contributed by atoms with E-state index < -0.39 is 5.97 Å². The van der Waals surface area contributed by atoms with Gasteiger partial charge >= 0.3 is 5.97 Å². The van der Waals surface area contributed by atoms with Crippen LogP contribution in [0.4, 0.5) is 0 Å². The van der Waals surface area contributed by atoms with Gasteiger partial charge in [0.15, 0.2) is 5.69 Å². The van der Waals surface area contributed by atoms with Gasteiger partial charge in [0, 0.05) is 11.8 Å². The molecular formula is C15H20N2O3S. The number of aromatic nitrogens is 1. The van der Waals surface area contributed by atoms with Gasteiger partial charge in [-0.2, -0.15) is 0 Å². The van der Waals surface area contributed by atoms with Crippen molar-refractivity contribution in [3.63, 3.8) is 0 Å². The van der Waals surface area contributed by atoms with Crippen molar-refractivity contribution >= 4 is 23.2 Å². The van der Waals surface area contributed by atoms with E-state index in [1.165, 1.54) is 29.8 Å². The van der Waals surface area contributed by atoms with Crippen LogP contribution in [-0.2, 0) is 16.1 Å². The summed E-state index contributed by atoms with van der Waals surface area (Å²) < 4.78 is 4.88. The Hall–Kier alpha value is -1.69. The summed E-state index contributed by atoms with van der Waals surface area (Å²) in [6, 6.07) is 0. The third-order valence-corrected chi connectivity index (χ3v) is 4.09. The first-order valence-corrected chi connectivity index (χ1v) is 8.13. The van der Waals surface area contributed by atoms with Gasteiger partial charge in [0.1, 0.15) is 5.01 Å². The van der Waals surface area contributed by atoms with Crippen LogP contribution in [0.2, 0.25) is 0 Å². The Kier molecular flexibility index (Phi) is 5.92. The fourth-order valence-corrected chi connectivity index (χ4v) is 2.90. The van der Waals surface area contributed by atoms with E-state index in [4.69, 9.17) is 4.74 Å². The zero-order chi connectivity index (χ0) is 15.1. The van der Waals surface area contributed by atoms with Gasteiger partial charge in [-0.1, -0.05) is 11.6 Å². The Morgan fingerprint density at radius 3 is 3.00 bits per heavy atom. The van der Waals surface area contributed by atoms with E-state index in [1.54, 1.807) is 12.3 Å². The van der Waals surface area contributed by atoms with Crippen molar-refractivity contribution in [3.8, 4) is 0 Å². The van der Waals surface area contributed by atoms with E-state index in [1.807, 2.05) is 0 Å². The van der Waals surface area contributed by atoms with Crippen molar-refractivity contribution in [2.24, 2.45) is 0 Å². The topological polar surface area (TPSA) is 68.3 Å². The van der Waals surface area contributed by atoms with Crippen molar-refractivity contribution in [3.05, 3.63) is 27.7 Å². The van der Waals surface area contributed by atoms with Gasteiger partial charge in [-0.25, -0.2) is 9.78 Å². The number of carbonyl (C=O) groups is 2. The quantitative estimate of drug-likeness (QED) is 0.648. The minimum Gasteiger partial charge on any atom is -0.461 e. The maximum Gasteiger partial charge on any atom is 0.357 e. The maximum absolute atomic E-state index is 11.9. The maximum atomic E-state index is 11.9. The van der Waals surface area contributed by atoms with E-state index in [-0.39, 0.29) is 5.91 Å². The normalized spacial score (nSPS) is 14.4. The zero-order valence-corrected chi connectivity index (χ0v) is 13.0. The molecule has 0 bridgehead atoms. The highest BCUT2D eigenvalue weighted by molar-refractivity contribution is 7.09. The van der Waals surface area contributed by atoms with E-state index in [0.717, 1.165) is 12.8 Å². The van der Waals surface area contributed by atoms with Gasteiger partial charge in [0.25, 0.3) is 0 Å². The third-order valence-electron chi connectivity index (χ3n) is 3.25. The van der Waals surface area contributed by atoms with Gasteiger partial charge in [-0.3, -0.25) is 4.79 Å². The lowest BCUT2D eigenvalue weighted by Crippen LogP contribution is -2.23. The van der Waals surface area contributed by atoms with Crippen LogP contribution >= 0.6 is 11.3 Å². The minimum absolute atomic E-state index is 0.0102. The van der Waals surface area contributed by atoms with Gasteiger partial charge in [0.05, 0.1) is 13.2 Å². The molecule has 1 N–H and O–H groups in total. The van der Waals surface area contributed by atoms with Crippen molar-refractivity contribution in [1.82, 2.24) is 10.3 Å². The molecule has 1 aliphatic rings. The largest absolute Gasteiger partial charge is 0.461 e. The number of ether oxygens (including phenoxy) is 1. The molecule has 0 spiro atoms. The summed E-state index contributed by atoms with van der Waals surface area (Å²) in [6.07, 6.45) is 7.15. The highest BCUT2D eigenvalue weighted by atomic mass is 32.1. The summed E-state index contributed by atoms with van der Waals surface area (Å²) in [7, 11) is 0. The van der Waals surface area contributed by atoms with Gasteiger partial charge < -0.3 is 10.1 Å². The van der Waals surface area contributed by atoms with E-state index in [9.17, 15) is 9.59 Å². The molecule has 1 aromatic heterocycles. The molecule has 1 heterocycles. The smallest absolute Gasteiger partial charge is 0.357 e. The summed E-state index contributed by atoms with van der Waals surface area (Å²) in [6.45, 7) is 2.44. The lowest BCUT2D eigenvalue weighted by Gasteiger charge is -2.12. The Bertz CT molecular complexity index is 537. The molecule has 6 heteroatoms. The molecule has 0 aromatic carbocycles. The number of nitrogens with zero attached hydrogens (tertiary/aromatic N) is 1. The zero-order valence-electron chi connectivity index (χ0n) is 12.2. The van der Waals surface area contributed by atoms with Crippen LogP contribution in [0.25, 0.3) is 0 Å². The van der Waals surface area contributed by atoms with Crippen LogP contribution < -0.4 is 5.32 Å². The molecular weight excluding hydrogens is 288 g/mol. The predicted molar refractivity (Wildman–Crippen MR) is 81.1 cm³/mol. The second kappa shape index (κ2) is 7.93. The monoisotopic (exact) mass is 308 g/mol. The first kappa shape index (κ1) is 15.7. The molecule has 1 aliphatic carbocycles. The fourth-order valence-electron chi connectivity index (χ4n) is 2.20. The Morgan fingerprint density at radius 1 is 1.43 bits per heavy atom. The summed E-state index contributed by atoms with van der Waals surface area (Å²) >= 11 is 1.35. The van der Waals surface area contributed by atoms with E-state index >= 15 is 0 Å². The van der Waals surface area contributed by atoms with Crippen LogP contribution in [0.3, 0.4) is 0 Å². The Labute approximate surface area is 128 Å². The predicted octanol–water partition coefficient (Wildman–Crippen LogP) is 2.83. The Morgan fingerprint density at radius 2 is 2.29 bits per heavy atom. The average Bonchev–Trinajstić information content (AvgIpc) is 2.95. The van der Waals surface area contributed by atoms with Crippen molar-refractivity contribution in [2.75, 3.05) is 6.61 Å². The molecule has 114 valence electrons. The van der Waals surface area contributed by atoms with Crippen molar-refractivity contribution in [1.29, 1.82) is 0 Å². The van der Waals surface area contributed by atoms with Crippen LogP contribution in [0.15, 0.2) is 17.0 Å². The number of amides is 1. The van der Waals surface area contributed by atoms with Crippen LogP contribution in [0.1, 0.15) is 54.5 Å². The van der Waals surface area contributed by atoms with E-state index in [2.05, 4.69) is 16.4 Å².